The molecule has 0 aromatic heterocycles. The van der Waals surface area contributed by atoms with Crippen LogP contribution in [0.1, 0.15) is 44.6 Å². The SMILES string of the molecule is CC[C@@H](OC1CCCC1)C(=O)NC[C@H](O)Cc1ccccc1. The second-order valence-electron chi connectivity index (χ2n) is 6.03. The zero-order valence-corrected chi connectivity index (χ0v) is 13.3. The lowest BCUT2D eigenvalue weighted by Crippen LogP contribution is -2.41. The fourth-order valence-corrected chi connectivity index (χ4v) is 2.89. The first-order valence-corrected chi connectivity index (χ1v) is 8.34. The van der Waals surface area contributed by atoms with Crippen LogP contribution in [-0.4, -0.2) is 35.9 Å². The molecule has 0 heterocycles. The zero-order chi connectivity index (χ0) is 15.8. The number of ether oxygens (including phenoxy) is 1. The summed E-state index contributed by atoms with van der Waals surface area (Å²) in [4.78, 5) is 12.2. The largest absolute Gasteiger partial charge is 0.391 e. The molecule has 22 heavy (non-hydrogen) atoms. The molecular formula is C18H27NO3. The minimum atomic E-state index is -0.574. The van der Waals surface area contributed by atoms with E-state index in [9.17, 15) is 9.90 Å². The molecule has 1 aliphatic carbocycles. The van der Waals surface area contributed by atoms with Crippen molar-refractivity contribution in [3.63, 3.8) is 0 Å². The van der Waals surface area contributed by atoms with Crippen molar-refractivity contribution in [1.82, 2.24) is 5.32 Å². The van der Waals surface area contributed by atoms with Gasteiger partial charge >= 0.3 is 0 Å². The third kappa shape index (κ3) is 5.43. The van der Waals surface area contributed by atoms with Crippen LogP contribution in [0.3, 0.4) is 0 Å². The predicted octanol–water partition coefficient (Wildman–Crippen LogP) is 2.44. The van der Waals surface area contributed by atoms with Crippen LogP contribution in [0.5, 0.6) is 0 Å². The molecule has 1 amide bonds. The van der Waals surface area contributed by atoms with Gasteiger partial charge in [0.25, 0.3) is 0 Å². The number of rotatable bonds is 8. The molecule has 0 saturated heterocycles. The van der Waals surface area contributed by atoms with Crippen LogP contribution >= 0.6 is 0 Å². The van der Waals surface area contributed by atoms with Gasteiger partial charge in [0.2, 0.25) is 5.91 Å². The summed E-state index contributed by atoms with van der Waals surface area (Å²) in [7, 11) is 0. The Balaban J connectivity index is 1.72. The lowest BCUT2D eigenvalue weighted by Gasteiger charge is -2.21. The van der Waals surface area contributed by atoms with E-state index in [0.29, 0.717) is 12.8 Å². The normalized spacial score (nSPS) is 18.1. The van der Waals surface area contributed by atoms with E-state index in [-0.39, 0.29) is 18.6 Å². The fourth-order valence-electron chi connectivity index (χ4n) is 2.89. The molecule has 2 atom stereocenters. The molecule has 1 aliphatic rings. The molecule has 1 aromatic carbocycles. The molecule has 0 unspecified atom stereocenters. The second-order valence-corrected chi connectivity index (χ2v) is 6.03. The lowest BCUT2D eigenvalue weighted by molar-refractivity contribution is -0.137. The van der Waals surface area contributed by atoms with Gasteiger partial charge in [0.15, 0.2) is 0 Å². The molecule has 4 heteroatoms. The molecular weight excluding hydrogens is 278 g/mol. The lowest BCUT2D eigenvalue weighted by atomic mass is 10.1. The first-order valence-electron chi connectivity index (χ1n) is 8.34. The van der Waals surface area contributed by atoms with Crippen LogP contribution < -0.4 is 5.32 Å². The van der Waals surface area contributed by atoms with Gasteiger partial charge in [-0.3, -0.25) is 4.79 Å². The van der Waals surface area contributed by atoms with Crippen molar-refractivity contribution in [2.45, 2.75) is 63.8 Å². The van der Waals surface area contributed by atoms with E-state index >= 15 is 0 Å². The molecule has 2 rings (SSSR count). The van der Waals surface area contributed by atoms with Gasteiger partial charge in [0.1, 0.15) is 6.10 Å². The number of carbonyl (C=O) groups is 1. The Hall–Kier alpha value is -1.39. The van der Waals surface area contributed by atoms with Crippen LogP contribution in [0.15, 0.2) is 30.3 Å². The van der Waals surface area contributed by atoms with Gasteiger partial charge in [0, 0.05) is 13.0 Å². The van der Waals surface area contributed by atoms with E-state index in [2.05, 4.69) is 5.32 Å². The molecule has 0 aliphatic heterocycles. The number of nitrogens with one attached hydrogen (secondary N) is 1. The molecule has 2 N–H and O–H groups in total. The van der Waals surface area contributed by atoms with E-state index in [1.54, 1.807) is 0 Å². The van der Waals surface area contributed by atoms with Gasteiger partial charge in [-0.2, -0.15) is 0 Å². The van der Waals surface area contributed by atoms with Crippen LogP contribution in [-0.2, 0) is 16.0 Å². The smallest absolute Gasteiger partial charge is 0.249 e. The van der Waals surface area contributed by atoms with Gasteiger partial charge < -0.3 is 15.2 Å². The summed E-state index contributed by atoms with van der Waals surface area (Å²) >= 11 is 0. The van der Waals surface area contributed by atoms with Crippen molar-refractivity contribution in [3.05, 3.63) is 35.9 Å². The highest BCUT2D eigenvalue weighted by molar-refractivity contribution is 5.80. The summed E-state index contributed by atoms with van der Waals surface area (Å²) < 4.78 is 5.88. The summed E-state index contributed by atoms with van der Waals surface area (Å²) in [6, 6.07) is 9.79. The van der Waals surface area contributed by atoms with Crippen molar-refractivity contribution in [1.29, 1.82) is 0 Å². The maximum absolute atomic E-state index is 12.2. The van der Waals surface area contributed by atoms with E-state index in [1.165, 1.54) is 12.8 Å². The third-order valence-electron chi connectivity index (χ3n) is 4.15. The molecule has 4 nitrogen and oxygen atoms in total. The maximum atomic E-state index is 12.2. The number of benzene rings is 1. The van der Waals surface area contributed by atoms with Crippen molar-refractivity contribution in [2.75, 3.05) is 6.54 Å². The van der Waals surface area contributed by atoms with Crippen molar-refractivity contribution >= 4 is 5.91 Å². The number of amides is 1. The fraction of sp³-hybridized carbons (Fsp3) is 0.611. The van der Waals surface area contributed by atoms with Gasteiger partial charge in [-0.05, 0) is 24.8 Å². The number of hydrogen-bond acceptors (Lipinski definition) is 3. The Morgan fingerprint density at radius 2 is 2.00 bits per heavy atom. The average molecular weight is 305 g/mol. The highest BCUT2D eigenvalue weighted by Gasteiger charge is 2.24. The van der Waals surface area contributed by atoms with Crippen LogP contribution in [0.25, 0.3) is 0 Å². The summed E-state index contributed by atoms with van der Waals surface area (Å²) in [6.45, 7) is 2.22. The van der Waals surface area contributed by atoms with Crippen molar-refractivity contribution in [2.24, 2.45) is 0 Å². The van der Waals surface area contributed by atoms with Gasteiger partial charge in [-0.25, -0.2) is 0 Å². The van der Waals surface area contributed by atoms with Gasteiger partial charge in [-0.15, -0.1) is 0 Å². The van der Waals surface area contributed by atoms with E-state index in [0.717, 1.165) is 18.4 Å². The Morgan fingerprint density at radius 1 is 1.32 bits per heavy atom. The molecule has 0 radical (unpaired) electrons. The van der Waals surface area contributed by atoms with Gasteiger partial charge in [0.05, 0.1) is 12.2 Å². The molecule has 0 bridgehead atoms. The average Bonchev–Trinajstić information content (AvgIpc) is 3.04. The monoisotopic (exact) mass is 305 g/mol. The molecule has 0 spiro atoms. The Labute approximate surface area is 132 Å². The first kappa shape index (κ1) is 17.0. The van der Waals surface area contributed by atoms with Crippen molar-refractivity contribution < 1.29 is 14.6 Å². The molecule has 122 valence electrons. The minimum absolute atomic E-state index is 0.110. The standard InChI is InChI=1S/C18H27NO3/c1-2-17(22-16-10-6-7-11-16)18(21)19-13-15(20)12-14-8-4-3-5-9-14/h3-5,8-9,15-17,20H,2,6-7,10-13H2,1H3,(H,19,21)/t15-,17-/m1/s1. The van der Waals surface area contributed by atoms with E-state index in [4.69, 9.17) is 4.74 Å². The summed E-state index contributed by atoms with van der Waals surface area (Å²) in [5.74, 6) is -0.110. The van der Waals surface area contributed by atoms with E-state index < -0.39 is 12.2 Å². The summed E-state index contributed by atoms with van der Waals surface area (Å²) in [5.41, 5.74) is 1.07. The first-order chi connectivity index (χ1) is 10.7. The quantitative estimate of drug-likeness (QED) is 0.775. The second kappa shape index (κ2) is 8.91. The molecule has 1 fully saturated rings. The Bertz CT molecular complexity index is 443. The van der Waals surface area contributed by atoms with E-state index in [1.807, 2.05) is 37.3 Å². The highest BCUT2D eigenvalue weighted by Crippen LogP contribution is 2.22. The predicted molar refractivity (Wildman–Crippen MR) is 86.6 cm³/mol. The number of hydrogen-bond donors (Lipinski definition) is 2. The number of aliphatic hydroxyl groups is 1. The third-order valence-corrected chi connectivity index (χ3v) is 4.15. The number of carbonyl (C=O) groups excluding carboxylic acids is 1. The zero-order valence-electron chi connectivity index (χ0n) is 13.3. The Morgan fingerprint density at radius 3 is 2.64 bits per heavy atom. The summed E-state index contributed by atoms with van der Waals surface area (Å²) in [5, 5.41) is 12.8. The van der Waals surface area contributed by atoms with Crippen molar-refractivity contribution in [3.8, 4) is 0 Å². The molecule has 1 saturated carbocycles. The van der Waals surface area contributed by atoms with Crippen LogP contribution in [0, 0.1) is 0 Å². The topological polar surface area (TPSA) is 58.6 Å². The summed E-state index contributed by atoms with van der Waals surface area (Å²) in [6.07, 6.45) is 4.96. The maximum Gasteiger partial charge on any atom is 0.249 e. The Kier molecular flexibility index (Phi) is 6.87. The number of aliphatic hydroxyl groups excluding tert-OH is 1. The highest BCUT2D eigenvalue weighted by atomic mass is 16.5. The van der Waals surface area contributed by atoms with Crippen LogP contribution in [0.4, 0.5) is 0 Å². The van der Waals surface area contributed by atoms with Crippen LogP contribution in [0.2, 0.25) is 0 Å². The minimum Gasteiger partial charge on any atom is -0.391 e. The van der Waals surface area contributed by atoms with Gasteiger partial charge in [-0.1, -0.05) is 50.1 Å². The molecule has 1 aromatic rings.